The molecule has 3 heterocycles. The van der Waals surface area contributed by atoms with Crippen molar-refractivity contribution in [1.82, 2.24) is 20.1 Å². The average molecular weight is 724 g/mol. The summed E-state index contributed by atoms with van der Waals surface area (Å²) in [5.74, 6) is 0.142. The fourth-order valence-corrected chi connectivity index (χ4v) is 7.41. The second-order valence-electron chi connectivity index (χ2n) is 13.5. The zero-order chi connectivity index (χ0) is 36.7. The Hall–Kier alpha value is -5.17. The van der Waals surface area contributed by atoms with E-state index in [1.807, 2.05) is 30.3 Å². The number of amides is 1. The van der Waals surface area contributed by atoms with Gasteiger partial charge in [0, 0.05) is 59.7 Å². The number of ether oxygens (including phenoxy) is 1. The molecule has 6 aromatic rings. The first-order valence-electron chi connectivity index (χ1n) is 17.2. The van der Waals surface area contributed by atoms with Crippen molar-refractivity contribution in [2.24, 2.45) is 0 Å². The zero-order valence-electron chi connectivity index (χ0n) is 29.9. The number of anilines is 1. The molecule has 0 radical (unpaired) electrons. The molecule has 12 heteroatoms. The van der Waals surface area contributed by atoms with Gasteiger partial charge in [0.05, 0.1) is 29.2 Å². The van der Waals surface area contributed by atoms with Crippen LogP contribution in [-0.4, -0.2) is 84.0 Å². The number of halogens is 1. The molecular formula is C40H42FN5O5S. The minimum Gasteiger partial charge on any atom is -0.491 e. The van der Waals surface area contributed by atoms with Crippen LogP contribution >= 0.6 is 0 Å². The van der Waals surface area contributed by atoms with Crippen LogP contribution in [0, 0.1) is 5.82 Å². The van der Waals surface area contributed by atoms with E-state index >= 15 is 0 Å². The number of nitrogens with one attached hydrogen (secondary N) is 2. The first-order valence-corrected chi connectivity index (χ1v) is 19.0. The highest BCUT2D eigenvalue weighted by Gasteiger charge is 2.28. The largest absolute Gasteiger partial charge is 0.491 e. The number of fused-ring (bicyclic) bond motifs is 6. The highest BCUT2D eigenvalue weighted by molar-refractivity contribution is 7.92. The number of carbonyl (C=O) groups excluding carboxylic acids is 1. The fourth-order valence-electron chi connectivity index (χ4n) is 6.90. The third-order valence-corrected chi connectivity index (χ3v) is 10.8. The second kappa shape index (κ2) is 14.1. The van der Waals surface area contributed by atoms with Crippen molar-refractivity contribution >= 4 is 43.5 Å². The van der Waals surface area contributed by atoms with Gasteiger partial charge in [-0.2, -0.15) is 0 Å². The summed E-state index contributed by atoms with van der Waals surface area (Å²) in [5, 5.41) is 7.98. The van der Waals surface area contributed by atoms with Crippen LogP contribution in [0.5, 0.6) is 5.75 Å². The van der Waals surface area contributed by atoms with Gasteiger partial charge in [0.25, 0.3) is 5.91 Å². The Morgan fingerprint density at radius 2 is 1.71 bits per heavy atom. The van der Waals surface area contributed by atoms with Crippen LogP contribution in [-0.2, 0) is 16.6 Å². The molecule has 0 bridgehead atoms. The lowest BCUT2D eigenvalue weighted by molar-refractivity contribution is 0.0964. The van der Waals surface area contributed by atoms with E-state index < -0.39 is 21.7 Å². The molecule has 2 aromatic heterocycles. The van der Waals surface area contributed by atoms with Crippen molar-refractivity contribution in [2.45, 2.75) is 19.0 Å². The molecule has 2 N–H and O–H groups in total. The first-order chi connectivity index (χ1) is 24.9. The van der Waals surface area contributed by atoms with E-state index in [-0.39, 0.29) is 17.4 Å². The summed E-state index contributed by atoms with van der Waals surface area (Å²) in [5.41, 5.74) is 5.69. The van der Waals surface area contributed by atoms with Crippen molar-refractivity contribution in [1.29, 1.82) is 0 Å². The maximum absolute atomic E-state index is 13.9. The summed E-state index contributed by atoms with van der Waals surface area (Å²) >= 11 is 0. The molecule has 1 aliphatic rings. The summed E-state index contributed by atoms with van der Waals surface area (Å²) in [6.45, 7) is 3.01. The quantitative estimate of drug-likeness (QED) is 0.154. The zero-order valence-corrected chi connectivity index (χ0v) is 30.7. The Labute approximate surface area is 302 Å². The smallest absolute Gasteiger partial charge is 0.255 e. The van der Waals surface area contributed by atoms with Gasteiger partial charge < -0.3 is 29.3 Å². The molecule has 1 amide bonds. The maximum atomic E-state index is 13.9. The number of para-hydroxylation sites is 1. The summed E-state index contributed by atoms with van der Waals surface area (Å²) < 4.78 is 56.2. The van der Waals surface area contributed by atoms with Crippen molar-refractivity contribution in [2.75, 3.05) is 58.4 Å². The minimum absolute atomic E-state index is 0.0708. The number of nitrogens with zero attached hydrogens (tertiary/aromatic N) is 3. The van der Waals surface area contributed by atoms with E-state index in [4.69, 9.17) is 9.15 Å². The SMILES string of the molecule is CNC(=O)c1c(-c2ccc(F)cc2)oc2cc(N(C)S(C)(=O)=O)c(-c3ccc4c(c3)-c3cc5ccccc5n3CC(NCCCN(C)C)CO4)cc12. The molecule has 0 saturated carbocycles. The summed E-state index contributed by atoms with van der Waals surface area (Å²) in [4.78, 5) is 15.6. The van der Waals surface area contributed by atoms with Gasteiger partial charge in [-0.05, 0) is 93.8 Å². The molecule has 0 aliphatic carbocycles. The van der Waals surface area contributed by atoms with E-state index in [9.17, 15) is 17.6 Å². The third-order valence-electron chi connectivity index (χ3n) is 9.64. The van der Waals surface area contributed by atoms with Crippen molar-refractivity contribution in [3.8, 4) is 39.5 Å². The number of rotatable bonds is 10. The highest BCUT2D eigenvalue weighted by Crippen LogP contribution is 2.44. The lowest BCUT2D eigenvalue weighted by atomic mass is 9.96. The van der Waals surface area contributed by atoms with Gasteiger partial charge in [0.2, 0.25) is 10.0 Å². The van der Waals surface area contributed by atoms with Gasteiger partial charge in [-0.3, -0.25) is 9.10 Å². The van der Waals surface area contributed by atoms with E-state index in [0.29, 0.717) is 46.7 Å². The Bertz CT molecular complexity index is 2400. The van der Waals surface area contributed by atoms with Crippen molar-refractivity contribution < 1.29 is 26.8 Å². The van der Waals surface area contributed by atoms with E-state index in [1.54, 1.807) is 24.3 Å². The predicted octanol–water partition coefficient (Wildman–Crippen LogP) is 6.59. The van der Waals surface area contributed by atoms with Gasteiger partial charge in [0.1, 0.15) is 29.5 Å². The topological polar surface area (TPSA) is 109 Å². The van der Waals surface area contributed by atoms with Crippen LogP contribution in [0.1, 0.15) is 16.8 Å². The van der Waals surface area contributed by atoms with E-state index in [2.05, 4.69) is 52.4 Å². The molecule has 270 valence electrons. The molecule has 10 nitrogen and oxygen atoms in total. The molecule has 1 atom stereocenters. The van der Waals surface area contributed by atoms with Crippen LogP contribution in [0.25, 0.3) is 55.6 Å². The van der Waals surface area contributed by atoms with Crippen LogP contribution in [0.3, 0.4) is 0 Å². The lowest BCUT2D eigenvalue weighted by Crippen LogP contribution is -2.40. The molecule has 7 rings (SSSR count). The standard InChI is InChI=1S/C40H42FN5O5S/c1-42-40(47)38-32-21-30(34(45(4)52(5,48)49)22-37(32)51-39(38)25-11-14-28(41)15-12-25)26-13-16-36-31(19-26)35-20-27-9-6-7-10-33(27)46(35)23-29(24-50-36)43-17-8-18-44(2)3/h6-7,9-16,19-22,29,43H,8,17-18,23-24H2,1-5H3,(H,42,47). The number of sulfonamides is 1. The van der Waals surface area contributed by atoms with E-state index in [0.717, 1.165) is 53.5 Å². The number of benzene rings is 4. The minimum atomic E-state index is -3.72. The predicted molar refractivity (Wildman–Crippen MR) is 205 cm³/mol. The molecule has 1 aliphatic heterocycles. The fraction of sp³-hybridized carbons (Fsp3) is 0.275. The second-order valence-corrected chi connectivity index (χ2v) is 15.5. The number of hydrogen-bond acceptors (Lipinski definition) is 7. The molecule has 52 heavy (non-hydrogen) atoms. The van der Waals surface area contributed by atoms with Crippen LogP contribution in [0.4, 0.5) is 10.1 Å². The molecule has 0 spiro atoms. The van der Waals surface area contributed by atoms with Crippen LogP contribution < -0.4 is 19.7 Å². The van der Waals surface area contributed by atoms with Crippen LogP contribution in [0.15, 0.2) is 89.3 Å². The Kier molecular flexibility index (Phi) is 9.55. The van der Waals surface area contributed by atoms with Crippen molar-refractivity contribution in [3.63, 3.8) is 0 Å². The Morgan fingerprint density at radius 1 is 0.962 bits per heavy atom. The molecule has 1 unspecified atom stereocenters. The van der Waals surface area contributed by atoms with Crippen LogP contribution in [0.2, 0.25) is 0 Å². The third kappa shape index (κ3) is 6.76. The molecule has 4 aromatic carbocycles. The van der Waals surface area contributed by atoms with Gasteiger partial charge in [-0.25, -0.2) is 12.8 Å². The lowest BCUT2D eigenvalue weighted by Gasteiger charge is -2.27. The number of hydrogen-bond donors (Lipinski definition) is 2. The van der Waals surface area contributed by atoms with Gasteiger partial charge in [-0.1, -0.05) is 24.3 Å². The van der Waals surface area contributed by atoms with Gasteiger partial charge in [0.15, 0.2) is 0 Å². The van der Waals surface area contributed by atoms with E-state index in [1.165, 1.54) is 30.5 Å². The summed E-state index contributed by atoms with van der Waals surface area (Å²) in [6.07, 6.45) is 2.15. The Morgan fingerprint density at radius 3 is 2.44 bits per heavy atom. The molecule has 0 fully saturated rings. The number of furan rings is 1. The normalized spacial score (nSPS) is 14.5. The summed E-state index contributed by atoms with van der Waals surface area (Å²) in [7, 11) is 3.45. The van der Waals surface area contributed by atoms with Gasteiger partial charge in [-0.15, -0.1) is 0 Å². The highest BCUT2D eigenvalue weighted by atomic mass is 32.2. The maximum Gasteiger partial charge on any atom is 0.255 e. The number of carbonyl (C=O) groups is 1. The summed E-state index contributed by atoms with van der Waals surface area (Å²) in [6, 6.07) is 25.5. The average Bonchev–Trinajstić information content (AvgIpc) is 3.67. The first kappa shape index (κ1) is 35.2. The monoisotopic (exact) mass is 723 g/mol. The number of aromatic nitrogens is 1. The molecular weight excluding hydrogens is 682 g/mol. The molecule has 0 saturated heterocycles. The Balaban J connectivity index is 1.40. The van der Waals surface area contributed by atoms with Gasteiger partial charge >= 0.3 is 0 Å². The van der Waals surface area contributed by atoms with Crippen molar-refractivity contribution in [3.05, 3.63) is 96.3 Å².